The first-order chi connectivity index (χ1) is 13.5. The van der Waals surface area contributed by atoms with Gasteiger partial charge in [0.2, 0.25) is 0 Å². The Balaban J connectivity index is 1.78. The lowest BCUT2D eigenvalue weighted by atomic mass is 10.1. The molecule has 28 heavy (non-hydrogen) atoms. The molecule has 5 rings (SSSR count). The molecule has 4 heteroatoms. The van der Waals surface area contributed by atoms with Gasteiger partial charge in [-0.15, -0.1) is 0 Å². The SMILES string of the molecule is CC1=C2CCC(=N2)C(C)=c2ccc([nH]2)=C(C)C2=CCC(=C(C)c3ccc1[nH]3)N2. The van der Waals surface area contributed by atoms with Gasteiger partial charge in [-0.25, -0.2) is 0 Å². The summed E-state index contributed by atoms with van der Waals surface area (Å²) >= 11 is 0. The van der Waals surface area contributed by atoms with Gasteiger partial charge >= 0.3 is 0 Å². The number of hydrogen-bond acceptors (Lipinski definition) is 2. The van der Waals surface area contributed by atoms with Gasteiger partial charge in [0.05, 0.1) is 0 Å². The van der Waals surface area contributed by atoms with Crippen molar-refractivity contribution < 1.29 is 0 Å². The standard InChI is InChI=1S/C24H26N4/c1-13-17-5-7-19(25-17)14(2)21-9-11-23(27-21)16(4)24-12-10-22(28-24)15(3)20-8-6-18(13)26-20/h5-7,10,12,25-26,28H,8-9,11H2,1-4H3. The zero-order chi connectivity index (χ0) is 19.4. The van der Waals surface area contributed by atoms with E-state index >= 15 is 0 Å². The van der Waals surface area contributed by atoms with Crippen molar-refractivity contribution in [3.8, 4) is 0 Å². The quantitative estimate of drug-likeness (QED) is 0.646. The maximum absolute atomic E-state index is 5.00. The van der Waals surface area contributed by atoms with Crippen LogP contribution in [-0.4, -0.2) is 15.7 Å². The van der Waals surface area contributed by atoms with Crippen LogP contribution in [0.4, 0.5) is 0 Å². The smallest absolute Gasteiger partial charge is 0.0460 e. The first-order valence-electron chi connectivity index (χ1n) is 10.0. The summed E-state index contributed by atoms with van der Waals surface area (Å²) in [7, 11) is 0. The minimum absolute atomic E-state index is 0.929. The average molecular weight is 371 g/mol. The fourth-order valence-electron chi connectivity index (χ4n) is 4.30. The molecule has 0 amide bonds. The lowest BCUT2D eigenvalue weighted by Crippen LogP contribution is -2.19. The van der Waals surface area contributed by atoms with E-state index in [2.05, 4.69) is 73.3 Å². The molecule has 4 nitrogen and oxygen atoms in total. The van der Waals surface area contributed by atoms with Crippen LogP contribution < -0.4 is 16.0 Å². The van der Waals surface area contributed by atoms with Crippen LogP contribution in [0.15, 0.2) is 52.4 Å². The Hall–Kier alpha value is -3.01. The van der Waals surface area contributed by atoms with Crippen LogP contribution in [0.25, 0.3) is 22.3 Å². The zero-order valence-electron chi connectivity index (χ0n) is 17.0. The molecule has 142 valence electrons. The summed E-state index contributed by atoms with van der Waals surface area (Å²) in [4.78, 5) is 12.2. The summed E-state index contributed by atoms with van der Waals surface area (Å²) in [5.41, 5.74) is 12.2. The fraction of sp³-hybridized carbons (Fsp3) is 0.292. The van der Waals surface area contributed by atoms with E-state index < -0.39 is 0 Å². The Morgan fingerprint density at radius 1 is 0.750 bits per heavy atom. The highest BCUT2D eigenvalue weighted by Crippen LogP contribution is 2.31. The predicted octanol–water partition coefficient (Wildman–Crippen LogP) is 3.97. The van der Waals surface area contributed by atoms with E-state index in [4.69, 9.17) is 4.99 Å². The first kappa shape index (κ1) is 17.1. The molecule has 0 fully saturated rings. The molecule has 8 bridgehead atoms. The molecule has 0 saturated heterocycles. The Morgan fingerprint density at radius 3 is 2.25 bits per heavy atom. The number of nitrogens with one attached hydrogen (secondary N) is 3. The second-order valence-corrected chi connectivity index (χ2v) is 8.00. The van der Waals surface area contributed by atoms with Crippen LogP contribution in [0.3, 0.4) is 0 Å². The maximum Gasteiger partial charge on any atom is 0.0460 e. The normalized spacial score (nSPS) is 19.3. The monoisotopic (exact) mass is 370 g/mol. The van der Waals surface area contributed by atoms with Crippen LogP contribution in [0.5, 0.6) is 0 Å². The minimum atomic E-state index is 0.929. The van der Waals surface area contributed by atoms with Gasteiger partial charge in [0.25, 0.3) is 0 Å². The molecule has 0 atom stereocenters. The number of aromatic nitrogens is 2. The molecule has 2 aromatic heterocycles. The number of H-pyrrole nitrogens is 2. The van der Waals surface area contributed by atoms with E-state index in [1.165, 1.54) is 50.8 Å². The number of allylic oxidation sites excluding steroid dienone is 5. The van der Waals surface area contributed by atoms with E-state index in [1.54, 1.807) is 0 Å². The number of hydrogen-bond donors (Lipinski definition) is 3. The first-order valence-corrected chi connectivity index (χ1v) is 10.0. The number of fused-ring (bicyclic) bond motifs is 7. The predicted molar refractivity (Wildman–Crippen MR) is 117 cm³/mol. The molecule has 0 aromatic carbocycles. The van der Waals surface area contributed by atoms with Crippen molar-refractivity contribution in [1.82, 2.24) is 15.3 Å². The van der Waals surface area contributed by atoms with Crippen molar-refractivity contribution in [1.29, 1.82) is 0 Å². The van der Waals surface area contributed by atoms with E-state index in [1.807, 2.05) is 0 Å². The third-order valence-electron chi connectivity index (χ3n) is 6.37. The molecular formula is C24H26N4. The van der Waals surface area contributed by atoms with Gasteiger partial charge in [-0.05, 0) is 87.1 Å². The number of aromatic amines is 2. The van der Waals surface area contributed by atoms with Crippen molar-refractivity contribution in [3.05, 3.63) is 69.5 Å². The molecule has 0 unspecified atom stereocenters. The summed E-state index contributed by atoms with van der Waals surface area (Å²) in [6.07, 6.45) is 5.21. The Morgan fingerprint density at radius 2 is 1.46 bits per heavy atom. The Kier molecular flexibility index (Phi) is 3.83. The highest BCUT2D eigenvalue weighted by atomic mass is 14.9. The molecule has 0 saturated carbocycles. The van der Waals surface area contributed by atoms with Crippen LogP contribution in [-0.2, 0) is 0 Å². The van der Waals surface area contributed by atoms with Gasteiger partial charge in [-0.1, -0.05) is 6.08 Å². The summed E-state index contributed by atoms with van der Waals surface area (Å²) in [5.74, 6) is 0. The summed E-state index contributed by atoms with van der Waals surface area (Å²) in [6.45, 7) is 8.72. The molecule has 3 N–H and O–H groups in total. The van der Waals surface area contributed by atoms with Crippen molar-refractivity contribution in [2.24, 2.45) is 4.99 Å². The maximum atomic E-state index is 5.00. The summed E-state index contributed by atoms with van der Waals surface area (Å²) < 4.78 is 0. The van der Waals surface area contributed by atoms with Crippen LogP contribution >= 0.6 is 0 Å². The molecule has 0 radical (unpaired) electrons. The number of rotatable bonds is 0. The van der Waals surface area contributed by atoms with Gasteiger partial charge in [-0.2, -0.15) is 0 Å². The molecule has 3 aliphatic rings. The van der Waals surface area contributed by atoms with Gasteiger partial charge in [0.15, 0.2) is 0 Å². The van der Waals surface area contributed by atoms with Gasteiger partial charge in [-0.3, -0.25) is 4.99 Å². The lowest BCUT2D eigenvalue weighted by molar-refractivity contribution is 1.03. The molecule has 2 aromatic rings. The van der Waals surface area contributed by atoms with E-state index in [9.17, 15) is 0 Å². The molecule has 0 spiro atoms. The lowest BCUT2D eigenvalue weighted by Gasteiger charge is -2.10. The number of aliphatic imine (C=N–C) groups is 1. The fourth-order valence-corrected chi connectivity index (χ4v) is 4.30. The molecule has 3 aliphatic heterocycles. The zero-order valence-corrected chi connectivity index (χ0v) is 17.0. The summed E-state index contributed by atoms with van der Waals surface area (Å²) in [5, 5.41) is 5.96. The summed E-state index contributed by atoms with van der Waals surface area (Å²) in [6, 6.07) is 8.72. The van der Waals surface area contributed by atoms with E-state index in [-0.39, 0.29) is 0 Å². The third-order valence-corrected chi connectivity index (χ3v) is 6.37. The van der Waals surface area contributed by atoms with Gasteiger partial charge in [0.1, 0.15) is 0 Å². The topological polar surface area (TPSA) is 56.0 Å². The minimum Gasteiger partial charge on any atom is -0.358 e. The van der Waals surface area contributed by atoms with Crippen molar-refractivity contribution in [2.75, 3.05) is 0 Å². The van der Waals surface area contributed by atoms with Crippen molar-refractivity contribution in [2.45, 2.75) is 47.0 Å². The molecule has 0 aliphatic carbocycles. The second-order valence-electron chi connectivity index (χ2n) is 8.00. The molecule has 5 heterocycles. The van der Waals surface area contributed by atoms with Gasteiger partial charge < -0.3 is 15.3 Å². The number of nitrogens with zero attached hydrogens (tertiary/aromatic N) is 1. The van der Waals surface area contributed by atoms with E-state index in [0.29, 0.717) is 0 Å². The van der Waals surface area contributed by atoms with Crippen LogP contribution in [0, 0.1) is 0 Å². The van der Waals surface area contributed by atoms with E-state index in [0.717, 1.165) is 35.7 Å². The third kappa shape index (κ3) is 2.63. The van der Waals surface area contributed by atoms with Crippen LogP contribution in [0.2, 0.25) is 0 Å². The van der Waals surface area contributed by atoms with Crippen molar-refractivity contribution in [3.63, 3.8) is 0 Å². The highest BCUT2D eigenvalue weighted by molar-refractivity contribution is 6.19. The average Bonchev–Trinajstić information content (AvgIpc) is 3.49. The Bertz CT molecular complexity index is 1240. The highest BCUT2D eigenvalue weighted by Gasteiger charge is 2.19. The van der Waals surface area contributed by atoms with Gasteiger partial charge in [0, 0.05) is 51.3 Å². The van der Waals surface area contributed by atoms with Crippen molar-refractivity contribution >= 4 is 28.0 Å². The largest absolute Gasteiger partial charge is 0.358 e. The van der Waals surface area contributed by atoms with Crippen LogP contribution in [0.1, 0.15) is 58.3 Å². The molecular weight excluding hydrogens is 344 g/mol. The Labute approximate surface area is 165 Å². The second kappa shape index (κ2) is 6.26.